The second-order valence-electron chi connectivity index (χ2n) is 5.83. The van der Waals surface area contributed by atoms with Crippen molar-refractivity contribution >= 4 is 18.2 Å². The van der Waals surface area contributed by atoms with E-state index >= 15 is 0 Å². The molecular formula is C18H20O5. The highest BCUT2D eigenvalue weighted by atomic mass is 16.5. The Morgan fingerprint density at radius 3 is 2.04 bits per heavy atom. The number of allylic oxidation sites excluding steroid dienone is 2. The van der Waals surface area contributed by atoms with Crippen molar-refractivity contribution in [3.8, 4) is 0 Å². The van der Waals surface area contributed by atoms with Gasteiger partial charge in [0.25, 0.3) is 0 Å². The van der Waals surface area contributed by atoms with Gasteiger partial charge in [-0.25, -0.2) is 0 Å². The van der Waals surface area contributed by atoms with Gasteiger partial charge in [0, 0.05) is 11.5 Å². The number of esters is 2. The summed E-state index contributed by atoms with van der Waals surface area (Å²) in [7, 11) is 2.46. The average molecular weight is 316 g/mol. The number of benzene rings is 1. The third-order valence-electron chi connectivity index (χ3n) is 4.48. The minimum Gasteiger partial charge on any atom is -0.468 e. The predicted octanol–water partition coefficient (Wildman–Crippen LogP) is 2.33. The molecule has 0 saturated carbocycles. The Morgan fingerprint density at radius 1 is 1.09 bits per heavy atom. The van der Waals surface area contributed by atoms with Crippen LogP contribution in [0.1, 0.15) is 30.4 Å². The maximum absolute atomic E-state index is 12.5. The molecule has 0 aromatic heterocycles. The molecule has 1 aromatic carbocycles. The number of carbonyl (C=O) groups excluding carboxylic acids is 3. The van der Waals surface area contributed by atoms with Gasteiger partial charge in [-0.05, 0) is 25.8 Å². The summed E-state index contributed by atoms with van der Waals surface area (Å²) in [6.45, 7) is 3.69. The molecule has 1 atom stereocenters. The van der Waals surface area contributed by atoms with E-state index in [-0.39, 0.29) is 6.42 Å². The molecule has 1 aliphatic carbocycles. The highest BCUT2D eigenvalue weighted by molar-refractivity contribution is 6.05. The third kappa shape index (κ3) is 2.56. The molecule has 5 heteroatoms. The summed E-state index contributed by atoms with van der Waals surface area (Å²) < 4.78 is 9.79. The second-order valence-corrected chi connectivity index (χ2v) is 5.83. The van der Waals surface area contributed by atoms with Gasteiger partial charge in [0.2, 0.25) is 0 Å². The zero-order chi connectivity index (χ0) is 17.2. The van der Waals surface area contributed by atoms with Crippen molar-refractivity contribution < 1.29 is 23.9 Å². The number of hydrogen-bond donors (Lipinski definition) is 0. The van der Waals surface area contributed by atoms with Crippen LogP contribution in [0.3, 0.4) is 0 Å². The summed E-state index contributed by atoms with van der Waals surface area (Å²) >= 11 is 0. The lowest BCUT2D eigenvalue weighted by Gasteiger charge is -2.31. The molecule has 0 N–H and O–H groups in total. The Morgan fingerprint density at radius 2 is 1.61 bits per heavy atom. The first kappa shape index (κ1) is 16.9. The van der Waals surface area contributed by atoms with Crippen LogP contribution < -0.4 is 0 Å². The van der Waals surface area contributed by atoms with E-state index in [0.29, 0.717) is 23.0 Å². The van der Waals surface area contributed by atoms with Gasteiger partial charge in [0.05, 0.1) is 14.2 Å². The van der Waals surface area contributed by atoms with Crippen LogP contribution in [0.5, 0.6) is 0 Å². The van der Waals surface area contributed by atoms with E-state index in [1.807, 2.05) is 31.2 Å². The Bertz CT molecular complexity index is 653. The molecule has 0 radical (unpaired) electrons. The number of aryl methyl sites for hydroxylation is 1. The number of hydrogen-bond acceptors (Lipinski definition) is 5. The molecule has 0 bridgehead atoms. The molecule has 5 nitrogen and oxygen atoms in total. The summed E-state index contributed by atoms with van der Waals surface area (Å²) in [4.78, 5) is 36.7. The number of carbonyl (C=O) groups is 3. The predicted molar refractivity (Wildman–Crippen MR) is 83.8 cm³/mol. The van der Waals surface area contributed by atoms with Gasteiger partial charge in [-0.3, -0.25) is 14.4 Å². The van der Waals surface area contributed by atoms with Crippen LogP contribution in [0.4, 0.5) is 0 Å². The first-order chi connectivity index (χ1) is 10.9. The summed E-state index contributed by atoms with van der Waals surface area (Å²) in [5, 5.41) is 0. The Labute approximate surface area is 135 Å². The lowest BCUT2D eigenvalue weighted by Crippen LogP contribution is -2.44. The van der Waals surface area contributed by atoms with Gasteiger partial charge in [-0.15, -0.1) is 0 Å². The van der Waals surface area contributed by atoms with E-state index in [1.165, 1.54) is 14.2 Å². The van der Waals surface area contributed by atoms with E-state index in [4.69, 9.17) is 9.47 Å². The van der Waals surface area contributed by atoms with E-state index in [0.717, 1.165) is 5.56 Å². The Balaban J connectivity index is 2.70. The third-order valence-corrected chi connectivity index (χ3v) is 4.48. The van der Waals surface area contributed by atoms with Gasteiger partial charge in [-0.2, -0.15) is 0 Å². The van der Waals surface area contributed by atoms with E-state index in [2.05, 4.69) is 0 Å². The van der Waals surface area contributed by atoms with Gasteiger partial charge >= 0.3 is 11.9 Å². The molecule has 1 aromatic rings. The van der Waals surface area contributed by atoms with Crippen molar-refractivity contribution in [3.05, 3.63) is 46.5 Å². The van der Waals surface area contributed by atoms with Crippen molar-refractivity contribution in [1.29, 1.82) is 0 Å². The molecule has 0 amide bonds. The van der Waals surface area contributed by atoms with Crippen LogP contribution in [0.2, 0.25) is 0 Å². The van der Waals surface area contributed by atoms with Crippen molar-refractivity contribution in [2.45, 2.75) is 26.2 Å². The number of ether oxygens (including phenoxy) is 2. The van der Waals surface area contributed by atoms with Crippen LogP contribution >= 0.6 is 0 Å². The Kier molecular flexibility index (Phi) is 4.68. The quantitative estimate of drug-likeness (QED) is 0.484. The molecule has 122 valence electrons. The van der Waals surface area contributed by atoms with Gasteiger partial charge < -0.3 is 9.47 Å². The minimum absolute atomic E-state index is 0.110. The molecule has 23 heavy (non-hydrogen) atoms. The molecule has 2 rings (SSSR count). The minimum atomic E-state index is -1.56. The topological polar surface area (TPSA) is 69.7 Å². The van der Waals surface area contributed by atoms with Gasteiger partial charge in [-0.1, -0.05) is 35.4 Å². The monoisotopic (exact) mass is 316 g/mol. The Hall–Kier alpha value is -2.43. The van der Waals surface area contributed by atoms with Crippen molar-refractivity contribution in [3.63, 3.8) is 0 Å². The molecule has 0 saturated heterocycles. The molecule has 0 spiro atoms. The van der Waals surface area contributed by atoms with E-state index < -0.39 is 23.3 Å². The summed E-state index contributed by atoms with van der Waals surface area (Å²) in [6.07, 6.45) is 0.826. The number of methoxy groups -OCH3 is 2. The summed E-state index contributed by atoms with van der Waals surface area (Å²) in [6, 6.07) is 7.40. The van der Waals surface area contributed by atoms with E-state index in [1.54, 1.807) is 6.92 Å². The van der Waals surface area contributed by atoms with Gasteiger partial charge in [0.1, 0.15) is 6.29 Å². The summed E-state index contributed by atoms with van der Waals surface area (Å²) in [5.41, 5.74) is 1.33. The lowest BCUT2D eigenvalue weighted by atomic mass is 9.71. The largest absolute Gasteiger partial charge is 0.468 e. The number of aldehydes is 1. The van der Waals surface area contributed by atoms with Crippen LogP contribution in [-0.2, 0) is 23.9 Å². The highest BCUT2D eigenvalue weighted by Gasteiger charge is 2.59. The molecule has 0 heterocycles. The van der Waals surface area contributed by atoms with Crippen LogP contribution in [0.15, 0.2) is 35.4 Å². The first-order valence-corrected chi connectivity index (χ1v) is 7.30. The highest BCUT2D eigenvalue weighted by Crippen LogP contribution is 2.53. The van der Waals surface area contributed by atoms with Crippen molar-refractivity contribution in [2.75, 3.05) is 14.2 Å². The lowest BCUT2D eigenvalue weighted by molar-refractivity contribution is -0.169. The van der Waals surface area contributed by atoms with E-state index in [9.17, 15) is 14.4 Å². The normalized spacial score (nSPS) is 19.4. The van der Waals surface area contributed by atoms with Crippen LogP contribution in [0.25, 0.3) is 0 Å². The fourth-order valence-corrected chi connectivity index (χ4v) is 3.35. The van der Waals surface area contributed by atoms with Crippen molar-refractivity contribution in [2.24, 2.45) is 5.41 Å². The van der Waals surface area contributed by atoms with Gasteiger partial charge in [0.15, 0.2) is 5.41 Å². The molecule has 0 unspecified atom stereocenters. The van der Waals surface area contributed by atoms with Crippen LogP contribution in [0, 0.1) is 12.3 Å². The average Bonchev–Trinajstić information content (AvgIpc) is 2.87. The summed E-state index contributed by atoms with van der Waals surface area (Å²) in [5.74, 6) is -2.09. The SMILES string of the molecule is COC(=O)C1(C(=O)OC)CC(C)=C(C=O)[C@H]1c1ccc(C)cc1. The molecule has 0 fully saturated rings. The standard InChI is InChI=1S/C18H20O5/c1-11-5-7-13(8-6-11)15-14(10-19)12(2)9-18(15,16(20)22-3)17(21)23-4/h5-8,10,15H,9H2,1-4H3/t15-/m1/s1. The maximum Gasteiger partial charge on any atom is 0.324 e. The number of rotatable bonds is 4. The van der Waals surface area contributed by atoms with Crippen LogP contribution in [-0.4, -0.2) is 32.4 Å². The second kappa shape index (κ2) is 6.36. The fraction of sp³-hybridized carbons (Fsp3) is 0.389. The zero-order valence-electron chi connectivity index (χ0n) is 13.7. The maximum atomic E-state index is 12.5. The molecule has 1 aliphatic rings. The fourth-order valence-electron chi connectivity index (χ4n) is 3.35. The first-order valence-electron chi connectivity index (χ1n) is 7.30. The molecule has 0 aliphatic heterocycles. The molecular weight excluding hydrogens is 296 g/mol. The zero-order valence-corrected chi connectivity index (χ0v) is 13.7. The van der Waals surface area contributed by atoms with Crippen molar-refractivity contribution in [1.82, 2.24) is 0 Å². The smallest absolute Gasteiger partial charge is 0.324 e.